The number of halogens is 1. The van der Waals surface area contributed by atoms with Crippen LogP contribution in [0.4, 0.5) is 4.39 Å². The lowest BCUT2D eigenvalue weighted by Gasteiger charge is -2.16. The minimum atomic E-state index is -0.325. The van der Waals surface area contributed by atoms with E-state index >= 15 is 0 Å². The molecule has 276 valence electrons. The molecule has 1 aliphatic carbocycles. The van der Waals surface area contributed by atoms with Crippen molar-refractivity contribution in [3.05, 3.63) is 71.5 Å². The highest BCUT2D eigenvalue weighted by Gasteiger charge is 2.26. The van der Waals surface area contributed by atoms with E-state index in [1.54, 1.807) is 12.1 Å². The predicted molar refractivity (Wildman–Crippen MR) is 201 cm³/mol. The Kier molecular flexibility index (Phi) is 20.0. The van der Waals surface area contributed by atoms with E-state index in [1.807, 2.05) is 108 Å². The van der Waals surface area contributed by atoms with Crippen molar-refractivity contribution >= 4 is 23.1 Å². The number of benzene rings is 2. The van der Waals surface area contributed by atoms with Gasteiger partial charge in [-0.2, -0.15) is 0 Å². The Labute approximate surface area is 298 Å². The first-order valence-electron chi connectivity index (χ1n) is 17.9. The normalized spacial score (nSPS) is 13.0. The van der Waals surface area contributed by atoms with Crippen molar-refractivity contribution < 1.29 is 28.3 Å². The Morgan fingerprint density at radius 1 is 0.612 bits per heavy atom. The summed E-state index contributed by atoms with van der Waals surface area (Å²) in [6.45, 7) is 26.0. The third-order valence-corrected chi connectivity index (χ3v) is 8.02. The topological polar surface area (TPSA) is 77.5 Å². The quantitative estimate of drug-likeness (QED) is 0.236. The average molecular weight is 683 g/mol. The monoisotopic (exact) mass is 682 g/mol. The Morgan fingerprint density at radius 2 is 1.06 bits per heavy atom. The molecule has 0 amide bonds. The zero-order chi connectivity index (χ0) is 38.1. The van der Waals surface area contributed by atoms with E-state index in [1.165, 1.54) is 30.5 Å². The van der Waals surface area contributed by atoms with Gasteiger partial charge >= 0.3 is 0 Å². The lowest BCUT2D eigenvalue weighted by atomic mass is 9.87. The highest BCUT2D eigenvalue weighted by molar-refractivity contribution is 5.86. The van der Waals surface area contributed by atoms with Crippen LogP contribution in [0.2, 0.25) is 0 Å². The molecule has 2 aromatic carbocycles. The summed E-state index contributed by atoms with van der Waals surface area (Å²) in [5.41, 5.74) is 1.21. The number of hydrogen-bond donors (Lipinski definition) is 0. The summed E-state index contributed by atoms with van der Waals surface area (Å²) >= 11 is 0. The van der Waals surface area contributed by atoms with Gasteiger partial charge in [0, 0.05) is 47.5 Å². The number of Topliss-reactive ketones (excluding diaryl/α,β-unsaturated/α-hetero) is 4. The molecule has 2 aromatic rings. The SMILES string of the molecule is CC(C)(C)C(=O)CCC1CC1.CC(C)(C)C(=O)CCc1ccccc1.CC(C)(C)C(=O)Cc1ccc(F)cc1.CCOCC(=O)C(C)(C)C. The fourth-order valence-electron chi connectivity index (χ4n) is 3.86. The van der Waals surface area contributed by atoms with Gasteiger partial charge in [0.25, 0.3) is 0 Å². The molecular formula is C43H67FO5. The van der Waals surface area contributed by atoms with Gasteiger partial charge in [0.2, 0.25) is 0 Å². The molecule has 0 aromatic heterocycles. The van der Waals surface area contributed by atoms with Crippen LogP contribution in [-0.2, 0) is 36.8 Å². The van der Waals surface area contributed by atoms with Gasteiger partial charge in [0.1, 0.15) is 29.8 Å². The molecule has 0 heterocycles. The third kappa shape index (κ3) is 23.1. The second-order valence-corrected chi connectivity index (χ2v) is 17.1. The van der Waals surface area contributed by atoms with Gasteiger partial charge in [-0.3, -0.25) is 19.2 Å². The van der Waals surface area contributed by atoms with Crippen LogP contribution in [-0.4, -0.2) is 36.3 Å². The molecule has 0 saturated heterocycles. The van der Waals surface area contributed by atoms with Crippen LogP contribution in [0.5, 0.6) is 0 Å². The summed E-state index contributed by atoms with van der Waals surface area (Å²) in [5, 5.41) is 0. The fourth-order valence-corrected chi connectivity index (χ4v) is 3.86. The number of rotatable bonds is 11. The summed E-state index contributed by atoms with van der Waals surface area (Å²) in [4.78, 5) is 45.8. The second-order valence-electron chi connectivity index (χ2n) is 17.1. The van der Waals surface area contributed by atoms with Gasteiger partial charge in [-0.05, 0) is 48.9 Å². The van der Waals surface area contributed by atoms with Crippen LogP contribution in [0, 0.1) is 33.4 Å². The first kappa shape index (κ1) is 46.0. The maximum atomic E-state index is 12.6. The van der Waals surface area contributed by atoms with E-state index in [2.05, 4.69) is 12.1 Å². The van der Waals surface area contributed by atoms with Crippen molar-refractivity contribution in [3.8, 4) is 0 Å². The van der Waals surface area contributed by atoms with Gasteiger partial charge in [-0.15, -0.1) is 0 Å². The van der Waals surface area contributed by atoms with Gasteiger partial charge in [0.15, 0.2) is 5.78 Å². The predicted octanol–water partition coefficient (Wildman–Crippen LogP) is 10.6. The van der Waals surface area contributed by atoms with Crippen molar-refractivity contribution in [1.29, 1.82) is 0 Å². The fraction of sp³-hybridized carbons (Fsp3) is 0.628. The molecule has 1 aliphatic rings. The van der Waals surface area contributed by atoms with Crippen LogP contribution in [0.15, 0.2) is 54.6 Å². The summed E-state index contributed by atoms with van der Waals surface area (Å²) < 4.78 is 17.5. The Morgan fingerprint density at radius 3 is 1.47 bits per heavy atom. The highest BCUT2D eigenvalue weighted by Crippen LogP contribution is 2.34. The average Bonchev–Trinajstić information content (AvgIpc) is 3.83. The number of ether oxygens (including phenoxy) is 1. The molecule has 0 atom stereocenters. The zero-order valence-electron chi connectivity index (χ0n) is 33.1. The lowest BCUT2D eigenvalue weighted by Crippen LogP contribution is -2.24. The molecule has 5 nitrogen and oxygen atoms in total. The maximum absolute atomic E-state index is 12.6. The first-order valence-corrected chi connectivity index (χ1v) is 17.9. The molecule has 0 radical (unpaired) electrons. The summed E-state index contributed by atoms with van der Waals surface area (Å²) in [6.07, 6.45) is 6.54. The van der Waals surface area contributed by atoms with Crippen LogP contribution in [0.1, 0.15) is 133 Å². The van der Waals surface area contributed by atoms with Crippen LogP contribution in [0.25, 0.3) is 0 Å². The smallest absolute Gasteiger partial charge is 0.163 e. The van der Waals surface area contributed by atoms with Gasteiger partial charge in [-0.1, -0.05) is 138 Å². The van der Waals surface area contributed by atoms with E-state index in [0.29, 0.717) is 31.0 Å². The molecule has 6 heteroatoms. The van der Waals surface area contributed by atoms with Crippen LogP contribution < -0.4 is 0 Å². The first-order chi connectivity index (χ1) is 22.4. The lowest BCUT2D eigenvalue weighted by molar-refractivity contribution is -0.131. The summed E-state index contributed by atoms with van der Waals surface area (Å²) in [7, 11) is 0. The highest BCUT2D eigenvalue weighted by atomic mass is 19.1. The minimum absolute atomic E-state index is 0.116. The van der Waals surface area contributed by atoms with Crippen molar-refractivity contribution in [2.24, 2.45) is 27.6 Å². The molecular weight excluding hydrogens is 615 g/mol. The van der Waals surface area contributed by atoms with Crippen LogP contribution >= 0.6 is 0 Å². The van der Waals surface area contributed by atoms with Crippen molar-refractivity contribution in [3.63, 3.8) is 0 Å². The van der Waals surface area contributed by atoms with Gasteiger partial charge in [-0.25, -0.2) is 4.39 Å². The van der Waals surface area contributed by atoms with Gasteiger partial charge in [0.05, 0.1) is 0 Å². The molecule has 1 saturated carbocycles. The molecule has 0 N–H and O–H groups in total. The summed E-state index contributed by atoms with van der Waals surface area (Å²) in [6, 6.07) is 16.2. The molecule has 0 aliphatic heterocycles. The molecule has 3 rings (SSSR count). The summed E-state index contributed by atoms with van der Waals surface area (Å²) in [5.74, 6) is 1.71. The van der Waals surface area contributed by atoms with E-state index in [4.69, 9.17) is 4.74 Å². The number of ketones is 4. The van der Waals surface area contributed by atoms with Gasteiger partial charge < -0.3 is 4.74 Å². The van der Waals surface area contributed by atoms with Crippen molar-refractivity contribution in [1.82, 2.24) is 0 Å². The van der Waals surface area contributed by atoms with Crippen molar-refractivity contribution in [2.45, 2.75) is 135 Å². The minimum Gasteiger partial charge on any atom is -0.374 e. The van der Waals surface area contributed by atoms with Crippen LogP contribution in [0.3, 0.4) is 0 Å². The number of hydrogen-bond acceptors (Lipinski definition) is 5. The molecule has 0 spiro atoms. The standard InChI is InChI=1S/C13H18O.C12H15FO.C10H18O.C8H16O2/c1-13(2,3)12(14)10-9-11-7-5-4-6-8-11;1-12(2,3)11(14)8-9-4-6-10(13)7-5-9;1-10(2,3)9(11)7-6-8-4-5-8;1-5-10-6-7(9)8(2,3)4/h4-8H,9-10H2,1-3H3;4-7H,8H2,1-3H3;8H,4-7H2,1-3H3;5-6H2,1-4H3. The largest absolute Gasteiger partial charge is 0.374 e. The Bertz CT molecular complexity index is 1260. The van der Waals surface area contributed by atoms with E-state index in [0.717, 1.165) is 30.7 Å². The molecule has 0 unspecified atom stereocenters. The van der Waals surface area contributed by atoms with E-state index < -0.39 is 0 Å². The maximum Gasteiger partial charge on any atom is 0.163 e. The number of carbonyl (C=O) groups excluding carboxylic acids is 4. The molecule has 0 bridgehead atoms. The Balaban J connectivity index is 0.000000634. The second kappa shape index (κ2) is 21.3. The van der Waals surface area contributed by atoms with E-state index in [9.17, 15) is 23.6 Å². The Hall–Kier alpha value is -2.99. The van der Waals surface area contributed by atoms with E-state index in [-0.39, 0.29) is 45.7 Å². The molecule has 49 heavy (non-hydrogen) atoms. The number of carbonyl (C=O) groups is 4. The zero-order valence-corrected chi connectivity index (χ0v) is 33.1. The van der Waals surface area contributed by atoms with Crippen molar-refractivity contribution in [2.75, 3.05) is 13.2 Å². The third-order valence-electron chi connectivity index (χ3n) is 8.02. The molecule has 1 fully saturated rings. The number of aryl methyl sites for hydroxylation is 1.